The summed E-state index contributed by atoms with van der Waals surface area (Å²) in [4.78, 5) is 19.5. The normalized spacial score (nSPS) is 12.6. The van der Waals surface area contributed by atoms with Crippen molar-refractivity contribution in [1.29, 1.82) is 0 Å². The van der Waals surface area contributed by atoms with Crippen molar-refractivity contribution in [3.8, 4) is 17.5 Å². The third-order valence-electron chi connectivity index (χ3n) is 2.70. The number of benzene rings is 1. The zero-order chi connectivity index (χ0) is 14.5. The molecule has 1 aromatic carbocycles. The molecule has 7 heteroatoms. The van der Waals surface area contributed by atoms with Crippen LogP contribution in [0.3, 0.4) is 0 Å². The van der Waals surface area contributed by atoms with E-state index in [1.807, 2.05) is 0 Å². The standard InChI is InChI=1S/C14H13N3O4/c18-13(9-21-14-15-4-1-5-16-14)17-10-2-3-11-12(8-10)20-7-6-19-11/h1-5,8H,6-7,9H2,(H,17,18). The van der Waals surface area contributed by atoms with Crippen molar-refractivity contribution in [2.75, 3.05) is 25.1 Å². The summed E-state index contributed by atoms with van der Waals surface area (Å²) in [6, 6.07) is 7.04. The number of nitrogens with zero attached hydrogens (tertiary/aromatic N) is 2. The van der Waals surface area contributed by atoms with Crippen molar-refractivity contribution < 1.29 is 19.0 Å². The lowest BCUT2D eigenvalue weighted by Gasteiger charge is -2.18. The van der Waals surface area contributed by atoms with Gasteiger partial charge in [-0.05, 0) is 18.2 Å². The van der Waals surface area contributed by atoms with Gasteiger partial charge in [0.2, 0.25) is 0 Å². The number of amides is 1. The van der Waals surface area contributed by atoms with Crippen LogP contribution in [0.25, 0.3) is 0 Å². The quantitative estimate of drug-likeness (QED) is 0.911. The Morgan fingerprint density at radius 2 is 1.95 bits per heavy atom. The average Bonchev–Trinajstić information content (AvgIpc) is 2.54. The molecule has 0 spiro atoms. The van der Waals surface area contributed by atoms with Crippen LogP contribution in [0, 0.1) is 0 Å². The fraction of sp³-hybridized carbons (Fsp3) is 0.214. The van der Waals surface area contributed by atoms with Gasteiger partial charge in [0, 0.05) is 24.1 Å². The topological polar surface area (TPSA) is 82.6 Å². The second-order valence-electron chi connectivity index (χ2n) is 4.23. The molecule has 1 aliphatic heterocycles. The molecule has 1 N–H and O–H groups in total. The maximum Gasteiger partial charge on any atom is 0.316 e. The molecule has 0 radical (unpaired) electrons. The van der Waals surface area contributed by atoms with E-state index in [1.165, 1.54) is 0 Å². The largest absolute Gasteiger partial charge is 0.486 e. The Bertz CT molecular complexity index is 633. The third-order valence-corrected chi connectivity index (χ3v) is 2.70. The van der Waals surface area contributed by atoms with Gasteiger partial charge in [0.1, 0.15) is 13.2 Å². The molecule has 0 unspecified atom stereocenters. The van der Waals surface area contributed by atoms with Crippen molar-refractivity contribution in [2.24, 2.45) is 0 Å². The highest BCUT2D eigenvalue weighted by Crippen LogP contribution is 2.32. The molecule has 0 aliphatic carbocycles. The zero-order valence-electron chi connectivity index (χ0n) is 11.1. The Morgan fingerprint density at radius 3 is 2.76 bits per heavy atom. The number of hydrogen-bond acceptors (Lipinski definition) is 6. The van der Waals surface area contributed by atoms with Gasteiger partial charge in [0.05, 0.1) is 0 Å². The van der Waals surface area contributed by atoms with Gasteiger partial charge >= 0.3 is 6.01 Å². The van der Waals surface area contributed by atoms with Crippen LogP contribution in [-0.2, 0) is 4.79 Å². The second-order valence-corrected chi connectivity index (χ2v) is 4.23. The van der Waals surface area contributed by atoms with E-state index < -0.39 is 0 Å². The smallest absolute Gasteiger partial charge is 0.316 e. The monoisotopic (exact) mass is 287 g/mol. The van der Waals surface area contributed by atoms with Gasteiger partial charge in [-0.3, -0.25) is 4.79 Å². The van der Waals surface area contributed by atoms with Gasteiger partial charge in [0.15, 0.2) is 18.1 Å². The van der Waals surface area contributed by atoms with Crippen molar-refractivity contribution in [1.82, 2.24) is 9.97 Å². The minimum absolute atomic E-state index is 0.162. The number of anilines is 1. The van der Waals surface area contributed by atoms with Crippen LogP contribution in [0.2, 0.25) is 0 Å². The van der Waals surface area contributed by atoms with Gasteiger partial charge in [-0.2, -0.15) is 0 Å². The molecule has 0 atom stereocenters. The van der Waals surface area contributed by atoms with Crippen LogP contribution in [0.5, 0.6) is 17.5 Å². The Labute approximate surface area is 120 Å². The number of nitrogens with one attached hydrogen (secondary N) is 1. The first-order valence-electron chi connectivity index (χ1n) is 6.40. The van der Waals surface area contributed by atoms with E-state index in [1.54, 1.807) is 36.7 Å². The minimum atomic E-state index is -0.306. The summed E-state index contributed by atoms with van der Waals surface area (Å²) in [5.41, 5.74) is 0.613. The van der Waals surface area contributed by atoms with Crippen molar-refractivity contribution in [3.63, 3.8) is 0 Å². The van der Waals surface area contributed by atoms with Crippen molar-refractivity contribution in [2.45, 2.75) is 0 Å². The van der Waals surface area contributed by atoms with E-state index in [-0.39, 0.29) is 18.5 Å². The first-order valence-corrected chi connectivity index (χ1v) is 6.40. The molecular weight excluding hydrogens is 274 g/mol. The molecule has 1 amide bonds. The summed E-state index contributed by atoms with van der Waals surface area (Å²) < 4.78 is 16.0. The van der Waals surface area contributed by atoms with Crippen LogP contribution in [0.1, 0.15) is 0 Å². The maximum atomic E-state index is 11.8. The fourth-order valence-electron chi connectivity index (χ4n) is 1.81. The molecule has 3 rings (SSSR count). The summed E-state index contributed by atoms with van der Waals surface area (Å²) in [6.07, 6.45) is 3.09. The number of hydrogen-bond donors (Lipinski definition) is 1. The minimum Gasteiger partial charge on any atom is -0.486 e. The van der Waals surface area contributed by atoms with Crippen LogP contribution < -0.4 is 19.5 Å². The summed E-state index contributed by atoms with van der Waals surface area (Å²) >= 11 is 0. The van der Waals surface area contributed by atoms with Crippen LogP contribution in [0.15, 0.2) is 36.7 Å². The molecule has 108 valence electrons. The molecule has 7 nitrogen and oxygen atoms in total. The summed E-state index contributed by atoms with van der Waals surface area (Å²) in [6.45, 7) is 0.862. The predicted octanol–water partition coefficient (Wildman–Crippen LogP) is 1.27. The lowest BCUT2D eigenvalue weighted by molar-refractivity contribution is -0.118. The summed E-state index contributed by atoms with van der Waals surface area (Å²) in [5.74, 6) is 0.985. The van der Waals surface area contributed by atoms with E-state index >= 15 is 0 Å². The van der Waals surface area contributed by atoms with Gasteiger partial charge in [-0.1, -0.05) is 0 Å². The summed E-state index contributed by atoms with van der Waals surface area (Å²) in [7, 11) is 0. The molecule has 21 heavy (non-hydrogen) atoms. The predicted molar refractivity (Wildman–Crippen MR) is 73.6 cm³/mol. The maximum absolute atomic E-state index is 11.8. The highest BCUT2D eigenvalue weighted by Gasteiger charge is 2.13. The number of ether oxygens (including phenoxy) is 3. The van der Waals surface area contributed by atoms with Gasteiger partial charge in [-0.25, -0.2) is 9.97 Å². The van der Waals surface area contributed by atoms with E-state index in [2.05, 4.69) is 15.3 Å². The van der Waals surface area contributed by atoms with Crippen LogP contribution >= 0.6 is 0 Å². The van der Waals surface area contributed by atoms with Gasteiger partial charge < -0.3 is 19.5 Å². The molecule has 0 saturated carbocycles. The molecule has 0 bridgehead atoms. The molecule has 1 aromatic heterocycles. The number of aromatic nitrogens is 2. The van der Waals surface area contributed by atoms with E-state index in [0.717, 1.165) is 0 Å². The zero-order valence-corrected chi connectivity index (χ0v) is 11.1. The summed E-state index contributed by atoms with van der Waals surface area (Å²) in [5, 5.41) is 2.71. The molecular formula is C14H13N3O4. The first kappa shape index (κ1) is 13.2. The Hall–Kier alpha value is -2.83. The number of carbonyl (C=O) groups is 1. The molecule has 2 heterocycles. The average molecular weight is 287 g/mol. The van der Waals surface area contributed by atoms with Crippen LogP contribution in [0.4, 0.5) is 5.69 Å². The Balaban J connectivity index is 1.57. The number of rotatable bonds is 4. The second kappa shape index (κ2) is 6.08. The van der Waals surface area contributed by atoms with Crippen molar-refractivity contribution in [3.05, 3.63) is 36.7 Å². The fourth-order valence-corrected chi connectivity index (χ4v) is 1.81. The van der Waals surface area contributed by atoms with Gasteiger partial charge in [-0.15, -0.1) is 0 Å². The lowest BCUT2D eigenvalue weighted by atomic mass is 10.2. The first-order chi connectivity index (χ1) is 10.3. The van der Waals surface area contributed by atoms with E-state index in [0.29, 0.717) is 30.4 Å². The lowest BCUT2D eigenvalue weighted by Crippen LogP contribution is -2.21. The SMILES string of the molecule is O=C(COc1ncccn1)Nc1ccc2c(c1)OCCO2. The highest BCUT2D eigenvalue weighted by molar-refractivity contribution is 5.92. The Morgan fingerprint density at radius 1 is 1.19 bits per heavy atom. The van der Waals surface area contributed by atoms with E-state index in [9.17, 15) is 4.79 Å². The Kier molecular flexibility index (Phi) is 3.81. The van der Waals surface area contributed by atoms with Gasteiger partial charge in [0.25, 0.3) is 5.91 Å². The van der Waals surface area contributed by atoms with Crippen LogP contribution in [-0.4, -0.2) is 35.7 Å². The van der Waals surface area contributed by atoms with Crippen molar-refractivity contribution >= 4 is 11.6 Å². The third kappa shape index (κ3) is 3.38. The van der Waals surface area contributed by atoms with E-state index in [4.69, 9.17) is 14.2 Å². The number of carbonyl (C=O) groups excluding carboxylic acids is 1. The molecule has 0 fully saturated rings. The highest BCUT2D eigenvalue weighted by atomic mass is 16.6. The molecule has 1 aliphatic rings. The molecule has 2 aromatic rings. The molecule has 0 saturated heterocycles. The number of fused-ring (bicyclic) bond motifs is 1.